The van der Waals surface area contributed by atoms with E-state index in [1.165, 1.54) is 12.1 Å². The molecule has 0 fully saturated rings. The molecule has 0 saturated carbocycles. The molecule has 106 valence electrons. The number of rotatable bonds is 4. The van der Waals surface area contributed by atoms with Crippen molar-refractivity contribution in [3.8, 4) is 5.75 Å². The van der Waals surface area contributed by atoms with Gasteiger partial charge < -0.3 is 10.5 Å². The van der Waals surface area contributed by atoms with E-state index in [4.69, 9.17) is 10.5 Å². The number of nitrogens with one attached hydrogen (secondary N) is 1. The normalized spacial score (nSPS) is 11.1. The maximum atomic E-state index is 12.3. The molecule has 0 aliphatic rings. The van der Waals surface area contributed by atoms with Crippen molar-refractivity contribution in [2.45, 2.75) is 4.90 Å². The van der Waals surface area contributed by atoms with Crippen LogP contribution in [-0.4, -0.2) is 15.5 Å². The molecule has 20 heavy (non-hydrogen) atoms. The van der Waals surface area contributed by atoms with Crippen molar-refractivity contribution in [3.63, 3.8) is 0 Å². The number of nitrogen functional groups attached to an aromatic ring is 1. The third-order valence-electron chi connectivity index (χ3n) is 2.61. The van der Waals surface area contributed by atoms with Crippen molar-refractivity contribution < 1.29 is 13.2 Å². The maximum Gasteiger partial charge on any atom is 0.263 e. The number of halogens is 1. The lowest BCUT2D eigenvalue weighted by Crippen LogP contribution is -2.14. The van der Waals surface area contributed by atoms with E-state index in [1.807, 2.05) is 0 Å². The van der Waals surface area contributed by atoms with Gasteiger partial charge in [-0.15, -0.1) is 0 Å². The second-order valence-electron chi connectivity index (χ2n) is 4.02. The summed E-state index contributed by atoms with van der Waals surface area (Å²) in [6.07, 6.45) is 0. The first kappa shape index (κ1) is 14.7. The fourth-order valence-corrected chi connectivity index (χ4v) is 3.34. The molecular formula is C13H13BrN2O3S. The number of ether oxygens (including phenoxy) is 1. The SMILES string of the molecule is COc1ccc(NS(=O)(=O)c2cc(Br)ccc2N)cc1. The van der Waals surface area contributed by atoms with E-state index in [-0.39, 0.29) is 10.6 Å². The van der Waals surface area contributed by atoms with E-state index in [9.17, 15) is 8.42 Å². The molecular weight excluding hydrogens is 344 g/mol. The fraction of sp³-hybridized carbons (Fsp3) is 0.0769. The van der Waals surface area contributed by atoms with E-state index >= 15 is 0 Å². The Bertz CT molecular complexity index is 715. The summed E-state index contributed by atoms with van der Waals surface area (Å²) in [5.74, 6) is 0.648. The van der Waals surface area contributed by atoms with Gasteiger partial charge in [0.1, 0.15) is 10.6 Å². The summed E-state index contributed by atoms with van der Waals surface area (Å²) >= 11 is 3.23. The minimum Gasteiger partial charge on any atom is -0.497 e. The number of benzene rings is 2. The summed E-state index contributed by atoms with van der Waals surface area (Å²) in [6, 6.07) is 11.2. The van der Waals surface area contributed by atoms with Gasteiger partial charge in [-0.05, 0) is 42.5 Å². The molecule has 2 rings (SSSR count). The predicted molar refractivity (Wildman–Crippen MR) is 82.4 cm³/mol. The Balaban J connectivity index is 2.32. The Kier molecular flexibility index (Phi) is 4.20. The summed E-state index contributed by atoms with van der Waals surface area (Å²) in [5, 5.41) is 0. The molecule has 0 aromatic heterocycles. The highest BCUT2D eigenvalue weighted by molar-refractivity contribution is 9.10. The molecule has 2 aromatic rings. The largest absolute Gasteiger partial charge is 0.497 e. The van der Waals surface area contributed by atoms with Gasteiger partial charge in [-0.2, -0.15) is 0 Å². The zero-order valence-corrected chi connectivity index (χ0v) is 13.0. The standard InChI is InChI=1S/C13H13BrN2O3S/c1-19-11-5-3-10(4-6-11)16-20(17,18)13-8-9(14)2-7-12(13)15/h2-8,16H,15H2,1H3. The molecule has 0 saturated heterocycles. The molecule has 0 bridgehead atoms. The molecule has 0 atom stereocenters. The Morgan fingerprint density at radius 1 is 1.15 bits per heavy atom. The van der Waals surface area contributed by atoms with E-state index in [0.717, 1.165) is 0 Å². The van der Waals surface area contributed by atoms with Crippen molar-refractivity contribution in [1.82, 2.24) is 0 Å². The van der Waals surface area contributed by atoms with Crippen LogP contribution in [0, 0.1) is 0 Å². The van der Waals surface area contributed by atoms with Gasteiger partial charge >= 0.3 is 0 Å². The van der Waals surface area contributed by atoms with E-state index < -0.39 is 10.0 Å². The van der Waals surface area contributed by atoms with Crippen LogP contribution in [0.1, 0.15) is 0 Å². The molecule has 0 radical (unpaired) electrons. The van der Waals surface area contributed by atoms with Crippen molar-refractivity contribution in [2.24, 2.45) is 0 Å². The van der Waals surface area contributed by atoms with Gasteiger partial charge in [0, 0.05) is 10.2 Å². The van der Waals surface area contributed by atoms with Gasteiger partial charge in [0.2, 0.25) is 0 Å². The third-order valence-corrected chi connectivity index (χ3v) is 4.54. The van der Waals surface area contributed by atoms with Crippen LogP contribution in [0.2, 0.25) is 0 Å². The highest BCUT2D eigenvalue weighted by atomic mass is 79.9. The van der Waals surface area contributed by atoms with Crippen LogP contribution in [0.4, 0.5) is 11.4 Å². The summed E-state index contributed by atoms with van der Waals surface area (Å²) in [6.45, 7) is 0. The van der Waals surface area contributed by atoms with Gasteiger partial charge in [0.05, 0.1) is 12.8 Å². The summed E-state index contributed by atoms with van der Waals surface area (Å²) in [4.78, 5) is 0.0303. The van der Waals surface area contributed by atoms with Gasteiger partial charge in [0.15, 0.2) is 0 Å². The zero-order valence-electron chi connectivity index (χ0n) is 10.6. The van der Waals surface area contributed by atoms with E-state index in [0.29, 0.717) is 15.9 Å². The number of hydrogen-bond donors (Lipinski definition) is 2. The molecule has 0 aliphatic heterocycles. The summed E-state index contributed by atoms with van der Waals surface area (Å²) in [5.41, 5.74) is 6.34. The maximum absolute atomic E-state index is 12.3. The molecule has 3 N–H and O–H groups in total. The van der Waals surface area contributed by atoms with Crippen LogP contribution in [0.3, 0.4) is 0 Å². The fourth-order valence-electron chi connectivity index (χ4n) is 1.61. The lowest BCUT2D eigenvalue weighted by Gasteiger charge is -2.11. The third kappa shape index (κ3) is 3.23. The lowest BCUT2D eigenvalue weighted by atomic mass is 10.3. The monoisotopic (exact) mass is 356 g/mol. The molecule has 0 aliphatic carbocycles. The Morgan fingerprint density at radius 2 is 1.80 bits per heavy atom. The van der Waals surface area contributed by atoms with Crippen molar-refractivity contribution in [1.29, 1.82) is 0 Å². The van der Waals surface area contributed by atoms with Crippen LogP contribution >= 0.6 is 15.9 Å². The molecule has 2 aromatic carbocycles. The number of nitrogens with two attached hydrogens (primary N) is 1. The number of anilines is 2. The smallest absolute Gasteiger partial charge is 0.263 e. The number of methoxy groups -OCH3 is 1. The predicted octanol–water partition coefficient (Wildman–Crippen LogP) is 2.84. The van der Waals surface area contributed by atoms with Gasteiger partial charge in [0.25, 0.3) is 10.0 Å². The molecule has 0 unspecified atom stereocenters. The van der Waals surface area contributed by atoms with Crippen LogP contribution in [0.15, 0.2) is 51.8 Å². The second-order valence-corrected chi connectivity index (χ2v) is 6.58. The Hall–Kier alpha value is -1.73. The average molecular weight is 357 g/mol. The van der Waals surface area contributed by atoms with Gasteiger partial charge in [-0.25, -0.2) is 8.42 Å². The van der Waals surface area contributed by atoms with Crippen molar-refractivity contribution >= 4 is 37.3 Å². The first-order valence-corrected chi connectivity index (χ1v) is 7.92. The quantitative estimate of drug-likeness (QED) is 0.825. The minimum atomic E-state index is -3.73. The average Bonchev–Trinajstić information content (AvgIpc) is 2.42. The van der Waals surface area contributed by atoms with E-state index in [2.05, 4.69) is 20.7 Å². The minimum absolute atomic E-state index is 0.0303. The van der Waals surface area contributed by atoms with Crippen LogP contribution in [0.25, 0.3) is 0 Å². The molecule has 0 amide bonds. The molecule has 0 heterocycles. The Morgan fingerprint density at radius 3 is 2.40 bits per heavy atom. The number of sulfonamides is 1. The zero-order chi connectivity index (χ0) is 14.8. The van der Waals surface area contributed by atoms with E-state index in [1.54, 1.807) is 37.4 Å². The topological polar surface area (TPSA) is 81.4 Å². The lowest BCUT2D eigenvalue weighted by molar-refractivity contribution is 0.415. The Labute approximate surface area is 125 Å². The molecule has 7 heteroatoms. The highest BCUT2D eigenvalue weighted by Crippen LogP contribution is 2.25. The summed E-state index contributed by atoms with van der Waals surface area (Å²) < 4.78 is 32.7. The molecule has 5 nitrogen and oxygen atoms in total. The van der Waals surface area contributed by atoms with Gasteiger partial charge in [-0.1, -0.05) is 15.9 Å². The first-order valence-electron chi connectivity index (χ1n) is 5.64. The molecule has 0 spiro atoms. The summed E-state index contributed by atoms with van der Waals surface area (Å²) in [7, 11) is -2.19. The highest BCUT2D eigenvalue weighted by Gasteiger charge is 2.18. The van der Waals surface area contributed by atoms with Crippen molar-refractivity contribution in [2.75, 3.05) is 17.6 Å². The number of hydrogen-bond acceptors (Lipinski definition) is 4. The first-order chi connectivity index (χ1) is 9.42. The second kappa shape index (κ2) is 5.72. The van der Waals surface area contributed by atoms with Crippen molar-refractivity contribution in [3.05, 3.63) is 46.9 Å². The van der Waals surface area contributed by atoms with Crippen LogP contribution < -0.4 is 15.2 Å². The van der Waals surface area contributed by atoms with Gasteiger partial charge in [-0.3, -0.25) is 4.72 Å². The van der Waals surface area contributed by atoms with Crippen LogP contribution in [0.5, 0.6) is 5.75 Å². The van der Waals surface area contributed by atoms with Crippen LogP contribution in [-0.2, 0) is 10.0 Å².